The Bertz CT molecular complexity index is 860. The molecule has 3 aliphatic rings. The molecule has 9 heteroatoms. The van der Waals surface area contributed by atoms with Gasteiger partial charge >= 0.3 is 0 Å². The third kappa shape index (κ3) is 3.33. The van der Waals surface area contributed by atoms with E-state index in [4.69, 9.17) is 4.74 Å². The van der Waals surface area contributed by atoms with E-state index in [1.165, 1.54) is 6.33 Å². The van der Waals surface area contributed by atoms with Crippen LogP contribution in [0, 0.1) is 0 Å². The van der Waals surface area contributed by atoms with Crippen LogP contribution >= 0.6 is 0 Å². The lowest BCUT2D eigenvalue weighted by atomic mass is 10.1. The normalized spacial score (nSPS) is 26.1. The number of nitrogens with one attached hydrogen (secondary N) is 1. The zero-order chi connectivity index (χ0) is 19.1. The highest BCUT2D eigenvalue weighted by molar-refractivity contribution is 5.90. The van der Waals surface area contributed by atoms with Gasteiger partial charge in [-0.3, -0.25) is 4.79 Å². The second kappa shape index (κ2) is 7.29. The highest BCUT2D eigenvalue weighted by Crippen LogP contribution is 2.30. The summed E-state index contributed by atoms with van der Waals surface area (Å²) < 4.78 is 7.44. The molecule has 1 amide bonds. The number of hydrogen-bond donors (Lipinski definition) is 2. The van der Waals surface area contributed by atoms with Crippen molar-refractivity contribution in [2.75, 3.05) is 18.1 Å². The molecule has 0 radical (unpaired) electrons. The van der Waals surface area contributed by atoms with Crippen molar-refractivity contribution in [1.82, 2.24) is 24.8 Å². The quantitative estimate of drug-likeness (QED) is 0.749. The molecule has 5 rings (SSSR count). The molecule has 2 aromatic heterocycles. The number of fused-ring (bicyclic) bond motifs is 1. The van der Waals surface area contributed by atoms with Crippen LogP contribution in [0.15, 0.2) is 12.7 Å². The molecular formula is C19H26N6O3. The number of ether oxygens (including phenoxy) is 1. The molecule has 3 unspecified atom stereocenters. The van der Waals surface area contributed by atoms with Crippen molar-refractivity contribution in [3.8, 4) is 0 Å². The van der Waals surface area contributed by atoms with Crippen LogP contribution in [0.5, 0.6) is 0 Å². The molecule has 2 N–H and O–H groups in total. The van der Waals surface area contributed by atoms with E-state index >= 15 is 0 Å². The number of imidazole rings is 1. The summed E-state index contributed by atoms with van der Waals surface area (Å²) in [5.74, 6) is 0.781. The second-order valence-corrected chi connectivity index (χ2v) is 8.02. The summed E-state index contributed by atoms with van der Waals surface area (Å²) in [6, 6.07) is 0.139. The van der Waals surface area contributed by atoms with Gasteiger partial charge in [0.15, 0.2) is 17.0 Å². The van der Waals surface area contributed by atoms with Crippen molar-refractivity contribution in [3.63, 3.8) is 0 Å². The fraction of sp³-hybridized carbons (Fsp3) is 0.684. The zero-order valence-electron chi connectivity index (χ0n) is 15.8. The SMILES string of the molecule is O=C(NC1CC1)C1CCCN1c1ncnc2c1ncn2CC(O)C1CCCO1. The highest BCUT2D eigenvalue weighted by atomic mass is 16.5. The van der Waals surface area contributed by atoms with Crippen LogP contribution in [0.3, 0.4) is 0 Å². The van der Waals surface area contributed by atoms with Gasteiger partial charge in [0.05, 0.1) is 25.1 Å². The second-order valence-electron chi connectivity index (χ2n) is 8.02. The van der Waals surface area contributed by atoms with Crippen molar-refractivity contribution in [2.24, 2.45) is 0 Å². The number of carbonyl (C=O) groups is 1. The topological polar surface area (TPSA) is 105 Å². The van der Waals surface area contributed by atoms with Gasteiger partial charge in [0, 0.05) is 19.2 Å². The summed E-state index contributed by atoms with van der Waals surface area (Å²) in [6.07, 6.45) is 8.27. The molecule has 2 aromatic rings. The van der Waals surface area contributed by atoms with Gasteiger partial charge < -0.3 is 24.6 Å². The Morgan fingerprint density at radius 2 is 2.14 bits per heavy atom. The lowest BCUT2D eigenvalue weighted by molar-refractivity contribution is -0.122. The van der Waals surface area contributed by atoms with E-state index in [1.54, 1.807) is 6.33 Å². The minimum absolute atomic E-state index is 0.0833. The first-order valence-corrected chi connectivity index (χ1v) is 10.2. The molecule has 2 aliphatic heterocycles. The Balaban J connectivity index is 1.39. The van der Waals surface area contributed by atoms with Crippen molar-refractivity contribution in [2.45, 2.75) is 69.4 Å². The molecule has 28 heavy (non-hydrogen) atoms. The number of aromatic nitrogens is 4. The Morgan fingerprint density at radius 3 is 2.93 bits per heavy atom. The van der Waals surface area contributed by atoms with Crippen molar-refractivity contribution in [1.29, 1.82) is 0 Å². The maximum absolute atomic E-state index is 12.6. The Morgan fingerprint density at radius 1 is 1.25 bits per heavy atom. The lowest BCUT2D eigenvalue weighted by Crippen LogP contribution is -2.44. The van der Waals surface area contributed by atoms with Crippen LogP contribution in [-0.4, -0.2) is 68.0 Å². The zero-order valence-corrected chi connectivity index (χ0v) is 15.8. The largest absolute Gasteiger partial charge is 0.389 e. The van der Waals surface area contributed by atoms with Crippen molar-refractivity contribution >= 4 is 22.9 Å². The van der Waals surface area contributed by atoms with E-state index in [1.807, 2.05) is 4.57 Å². The van der Waals surface area contributed by atoms with E-state index in [-0.39, 0.29) is 18.1 Å². The van der Waals surface area contributed by atoms with E-state index in [0.29, 0.717) is 36.2 Å². The summed E-state index contributed by atoms with van der Waals surface area (Å²) in [4.78, 5) is 28.1. The summed E-state index contributed by atoms with van der Waals surface area (Å²) in [5.41, 5.74) is 1.35. The Hall–Kier alpha value is -2.26. The average Bonchev–Trinajstić information content (AvgIpc) is 3.14. The fourth-order valence-corrected chi connectivity index (χ4v) is 4.26. The van der Waals surface area contributed by atoms with Crippen LogP contribution in [0.1, 0.15) is 38.5 Å². The molecule has 0 spiro atoms. The van der Waals surface area contributed by atoms with E-state index in [9.17, 15) is 9.90 Å². The summed E-state index contributed by atoms with van der Waals surface area (Å²) >= 11 is 0. The monoisotopic (exact) mass is 386 g/mol. The molecular weight excluding hydrogens is 360 g/mol. The average molecular weight is 386 g/mol. The number of nitrogens with zero attached hydrogens (tertiary/aromatic N) is 5. The van der Waals surface area contributed by atoms with Crippen LogP contribution in [0.4, 0.5) is 5.82 Å². The van der Waals surface area contributed by atoms with Crippen molar-refractivity contribution in [3.05, 3.63) is 12.7 Å². The van der Waals surface area contributed by atoms with Crippen LogP contribution < -0.4 is 10.2 Å². The predicted octanol–water partition coefficient (Wildman–Crippen LogP) is 0.614. The number of anilines is 1. The maximum Gasteiger partial charge on any atom is 0.242 e. The first-order valence-electron chi connectivity index (χ1n) is 10.2. The molecule has 3 fully saturated rings. The van der Waals surface area contributed by atoms with E-state index in [0.717, 1.165) is 45.1 Å². The highest BCUT2D eigenvalue weighted by Gasteiger charge is 2.36. The van der Waals surface area contributed by atoms with Crippen LogP contribution in [0.25, 0.3) is 11.2 Å². The smallest absolute Gasteiger partial charge is 0.242 e. The third-order valence-corrected chi connectivity index (χ3v) is 5.91. The molecule has 1 aliphatic carbocycles. The van der Waals surface area contributed by atoms with Gasteiger partial charge in [-0.15, -0.1) is 0 Å². The summed E-state index contributed by atoms with van der Waals surface area (Å²) in [5, 5.41) is 13.6. The molecule has 1 saturated carbocycles. The Kier molecular flexibility index (Phi) is 4.64. The maximum atomic E-state index is 12.6. The molecule has 0 aromatic carbocycles. The molecule has 3 atom stereocenters. The minimum atomic E-state index is -0.595. The van der Waals surface area contributed by atoms with Gasteiger partial charge in [0.1, 0.15) is 12.4 Å². The number of hydrogen-bond acceptors (Lipinski definition) is 7. The number of amides is 1. The fourth-order valence-electron chi connectivity index (χ4n) is 4.26. The van der Waals surface area contributed by atoms with Crippen LogP contribution in [0.2, 0.25) is 0 Å². The molecule has 0 bridgehead atoms. The summed E-state index contributed by atoms with van der Waals surface area (Å²) in [6.45, 7) is 1.86. The number of aliphatic hydroxyl groups is 1. The number of aliphatic hydroxyl groups excluding tert-OH is 1. The number of rotatable bonds is 6. The third-order valence-electron chi connectivity index (χ3n) is 5.91. The van der Waals surface area contributed by atoms with Gasteiger partial charge in [-0.05, 0) is 38.5 Å². The molecule has 150 valence electrons. The van der Waals surface area contributed by atoms with Crippen molar-refractivity contribution < 1.29 is 14.6 Å². The Labute approximate surface area is 163 Å². The van der Waals surface area contributed by atoms with E-state index in [2.05, 4.69) is 25.2 Å². The lowest BCUT2D eigenvalue weighted by Gasteiger charge is -2.25. The van der Waals surface area contributed by atoms with Crippen LogP contribution in [-0.2, 0) is 16.1 Å². The molecule has 2 saturated heterocycles. The first kappa shape index (κ1) is 17.8. The minimum Gasteiger partial charge on any atom is -0.389 e. The summed E-state index contributed by atoms with van der Waals surface area (Å²) in [7, 11) is 0. The standard InChI is InChI=1S/C19H26N6O3/c26-14(15-4-2-8-28-15)9-24-11-22-16-17(24)20-10-21-18(16)25-7-1-3-13(25)19(27)23-12-5-6-12/h10-15,26H,1-9H2,(H,23,27). The van der Waals surface area contributed by atoms with Gasteiger partial charge in [-0.25, -0.2) is 15.0 Å². The van der Waals surface area contributed by atoms with Gasteiger partial charge in [0.2, 0.25) is 5.91 Å². The molecule has 4 heterocycles. The molecule has 9 nitrogen and oxygen atoms in total. The first-order chi connectivity index (χ1) is 13.7. The van der Waals surface area contributed by atoms with E-state index < -0.39 is 6.10 Å². The number of carbonyl (C=O) groups excluding carboxylic acids is 1. The predicted molar refractivity (Wildman–Crippen MR) is 102 cm³/mol. The van der Waals surface area contributed by atoms with Gasteiger partial charge in [-0.2, -0.15) is 0 Å². The van der Waals surface area contributed by atoms with Gasteiger partial charge in [-0.1, -0.05) is 0 Å². The van der Waals surface area contributed by atoms with Gasteiger partial charge in [0.25, 0.3) is 0 Å².